The zero-order chi connectivity index (χ0) is 13.8. The normalized spacial score (nSPS) is 15.7. The van der Waals surface area contributed by atoms with E-state index in [1.54, 1.807) is 0 Å². The third-order valence-electron chi connectivity index (χ3n) is 3.43. The molecule has 0 radical (unpaired) electrons. The lowest BCUT2D eigenvalue weighted by Crippen LogP contribution is -2.35. The number of benzene rings is 1. The minimum atomic E-state index is 0.152. The first kappa shape index (κ1) is 13.9. The lowest BCUT2D eigenvalue weighted by molar-refractivity contribution is 0.0724. The second kappa shape index (κ2) is 6.09. The summed E-state index contributed by atoms with van der Waals surface area (Å²) >= 11 is 0. The van der Waals surface area contributed by atoms with E-state index in [0.29, 0.717) is 0 Å². The lowest BCUT2D eigenvalue weighted by Gasteiger charge is -2.27. The van der Waals surface area contributed by atoms with E-state index in [4.69, 9.17) is 4.74 Å². The summed E-state index contributed by atoms with van der Waals surface area (Å²) in [6, 6.07) is 5.73. The van der Waals surface area contributed by atoms with Crippen LogP contribution in [-0.4, -0.2) is 30.0 Å². The average Bonchev–Trinajstić information content (AvgIpc) is 2.41. The van der Waals surface area contributed by atoms with Gasteiger partial charge in [0.2, 0.25) is 0 Å². The molecule has 1 aliphatic rings. The molecule has 1 aromatic rings. The highest BCUT2D eigenvalue weighted by Crippen LogP contribution is 2.22. The fourth-order valence-corrected chi connectivity index (χ4v) is 2.45. The molecule has 2 rings (SSSR count). The first-order valence-corrected chi connectivity index (χ1v) is 7.14. The number of aryl methyl sites for hydroxylation is 1. The molecule has 1 heterocycles. The molecule has 0 bridgehead atoms. The van der Waals surface area contributed by atoms with Crippen molar-refractivity contribution in [1.82, 2.24) is 4.90 Å². The van der Waals surface area contributed by atoms with Crippen molar-refractivity contribution in [2.45, 2.75) is 46.1 Å². The monoisotopic (exact) mass is 261 g/mol. The van der Waals surface area contributed by atoms with Crippen LogP contribution in [0.2, 0.25) is 0 Å². The molecule has 104 valence electrons. The Morgan fingerprint density at radius 3 is 2.47 bits per heavy atom. The summed E-state index contributed by atoms with van der Waals surface area (Å²) in [6.45, 7) is 7.79. The van der Waals surface area contributed by atoms with Crippen LogP contribution in [0.3, 0.4) is 0 Å². The van der Waals surface area contributed by atoms with E-state index in [1.807, 2.05) is 43.9 Å². The first-order valence-electron chi connectivity index (χ1n) is 7.14. The molecule has 19 heavy (non-hydrogen) atoms. The smallest absolute Gasteiger partial charge is 0.253 e. The predicted octanol–water partition coefficient (Wildman–Crippen LogP) is 3.41. The highest BCUT2D eigenvalue weighted by molar-refractivity contribution is 5.94. The van der Waals surface area contributed by atoms with Crippen molar-refractivity contribution in [3.63, 3.8) is 0 Å². The molecule has 3 nitrogen and oxygen atoms in total. The molecule has 1 amide bonds. The molecule has 1 saturated heterocycles. The largest absolute Gasteiger partial charge is 0.491 e. The Balaban J connectivity index is 2.12. The fraction of sp³-hybridized carbons (Fsp3) is 0.562. The number of hydrogen-bond acceptors (Lipinski definition) is 2. The summed E-state index contributed by atoms with van der Waals surface area (Å²) in [7, 11) is 0. The SMILES string of the molecule is Cc1cc(C(=O)N2CCCCC2)ccc1OC(C)C. The summed E-state index contributed by atoms with van der Waals surface area (Å²) in [4.78, 5) is 14.3. The van der Waals surface area contributed by atoms with Crippen molar-refractivity contribution in [1.29, 1.82) is 0 Å². The van der Waals surface area contributed by atoms with Crippen LogP contribution in [0.5, 0.6) is 5.75 Å². The van der Waals surface area contributed by atoms with Gasteiger partial charge in [0.05, 0.1) is 6.10 Å². The minimum absolute atomic E-state index is 0.152. The van der Waals surface area contributed by atoms with Crippen LogP contribution in [-0.2, 0) is 0 Å². The van der Waals surface area contributed by atoms with Gasteiger partial charge in [0.25, 0.3) is 5.91 Å². The second-order valence-corrected chi connectivity index (χ2v) is 5.50. The minimum Gasteiger partial charge on any atom is -0.491 e. The molecule has 1 aromatic carbocycles. The van der Waals surface area contributed by atoms with Gasteiger partial charge in [-0.3, -0.25) is 4.79 Å². The third-order valence-corrected chi connectivity index (χ3v) is 3.43. The van der Waals surface area contributed by atoms with Crippen molar-refractivity contribution in [3.8, 4) is 5.75 Å². The zero-order valence-electron chi connectivity index (χ0n) is 12.1. The van der Waals surface area contributed by atoms with Crippen molar-refractivity contribution in [3.05, 3.63) is 29.3 Å². The summed E-state index contributed by atoms with van der Waals surface area (Å²) < 4.78 is 5.70. The maximum Gasteiger partial charge on any atom is 0.253 e. The first-order chi connectivity index (χ1) is 9.08. The molecular formula is C16H23NO2. The maximum absolute atomic E-state index is 12.4. The molecule has 1 aliphatic heterocycles. The molecule has 0 spiro atoms. The maximum atomic E-state index is 12.4. The number of amides is 1. The van der Waals surface area contributed by atoms with E-state index in [-0.39, 0.29) is 12.0 Å². The summed E-state index contributed by atoms with van der Waals surface area (Å²) in [6.07, 6.45) is 3.64. The molecule has 3 heteroatoms. The van der Waals surface area contributed by atoms with Gasteiger partial charge in [0.15, 0.2) is 0 Å². The number of likely N-dealkylation sites (tertiary alicyclic amines) is 1. The van der Waals surface area contributed by atoms with Crippen LogP contribution in [0.25, 0.3) is 0 Å². The van der Waals surface area contributed by atoms with Gasteiger partial charge in [0.1, 0.15) is 5.75 Å². The molecule has 0 aliphatic carbocycles. The van der Waals surface area contributed by atoms with E-state index < -0.39 is 0 Å². The number of ether oxygens (including phenoxy) is 1. The van der Waals surface area contributed by atoms with Crippen molar-refractivity contribution in [2.75, 3.05) is 13.1 Å². The molecule has 0 unspecified atom stereocenters. The Hall–Kier alpha value is -1.51. The Morgan fingerprint density at radius 1 is 1.21 bits per heavy atom. The van der Waals surface area contributed by atoms with Crippen molar-refractivity contribution in [2.24, 2.45) is 0 Å². The Labute approximate surface area is 115 Å². The number of carbonyl (C=O) groups excluding carboxylic acids is 1. The Bertz CT molecular complexity index is 448. The fourth-order valence-electron chi connectivity index (χ4n) is 2.45. The van der Waals surface area contributed by atoms with E-state index >= 15 is 0 Å². The topological polar surface area (TPSA) is 29.5 Å². The molecular weight excluding hydrogens is 238 g/mol. The van der Waals surface area contributed by atoms with E-state index in [0.717, 1.165) is 42.8 Å². The van der Waals surface area contributed by atoms with Gasteiger partial charge < -0.3 is 9.64 Å². The van der Waals surface area contributed by atoms with Crippen LogP contribution < -0.4 is 4.74 Å². The van der Waals surface area contributed by atoms with Gasteiger partial charge in [-0.25, -0.2) is 0 Å². The highest BCUT2D eigenvalue weighted by atomic mass is 16.5. The Morgan fingerprint density at radius 2 is 1.89 bits per heavy atom. The number of nitrogens with zero attached hydrogens (tertiary/aromatic N) is 1. The van der Waals surface area contributed by atoms with Gasteiger partial charge >= 0.3 is 0 Å². The van der Waals surface area contributed by atoms with E-state index in [9.17, 15) is 4.79 Å². The summed E-state index contributed by atoms with van der Waals surface area (Å²) in [5.41, 5.74) is 1.80. The van der Waals surface area contributed by atoms with Gasteiger partial charge in [-0.1, -0.05) is 0 Å². The van der Waals surface area contributed by atoms with Gasteiger partial charge in [-0.15, -0.1) is 0 Å². The van der Waals surface area contributed by atoms with Crippen LogP contribution in [0.1, 0.15) is 49.0 Å². The summed E-state index contributed by atoms with van der Waals surface area (Å²) in [5.74, 6) is 1.02. The quantitative estimate of drug-likeness (QED) is 0.834. The van der Waals surface area contributed by atoms with Gasteiger partial charge in [-0.05, 0) is 63.8 Å². The standard InChI is InChI=1S/C16H23NO2/c1-12(2)19-15-8-7-14(11-13(15)3)16(18)17-9-5-4-6-10-17/h7-8,11-12H,4-6,9-10H2,1-3H3. The lowest BCUT2D eigenvalue weighted by atomic mass is 10.1. The van der Waals surface area contributed by atoms with Crippen molar-refractivity contribution < 1.29 is 9.53 Å². The van der Waals surface area contributed by atoms with Crippen LogP contribution in [0.4, 0.5) is 0 Å². The average molecular weight is 261 g/mol. The van der Waals surface area contributed by atoms with E-state index in [2.05, 4.69) is 0 Å². The second-order valence-electron chi connectivity index (χ2n) is 5.50. The van der Waals surface area contributed by atoms with E-state index in [1.165, 1.54) is 6.42 Å². The highest BCUT2D eigenvalue weighted by Gasteiger charge is 2.18. The van der Waals surface area contributed by atoms with Crippen molar-refractivity contribution >= 4 is 5.91 Å². The number of piperidine rings is 1. The molecule has 0 atom stereocenters. The summed E-state index contributed by atoms with van der Waals surface area (Å²) in [5, 5.41) is 0. The van der Waals surface area contributed by atoms with Crippen LogP contribution in [0, 0.1) is 6.92 Å². The molecule has 0 aromatic heterocycles. The predicted molar refractivity (Wildman–Crippen MR) is 76.7 cm³/mol. The van der Waals surface area contributed by atoms with Crippen LogP contribution >= 0.6 is 0 Å². The Kier molecular flexibility index (Phi) is 4.46. The molecule has 0 N–H and O–H groups in total. The number of hydrogen-bond donors (Lipinski definition) is 0. The number of rotatable bonds is 3. The number of carbonyl (C=O) groups is 1. The zero-order valence-corrected chi connectivity index (χ0v) is 12.1. The van der Waals surface area contributed by atoms with Crippen LogP contribution in [0.15, 0.2) is 18.2 Å². The molecule has 1 fully saturated rings. The molecule has 0 saturated carbocycles. The third kappa shape index (κ3) is 3.49. The van der Waals surface area contributed by atoms with Gasteiger partial charge in [-0.2, -0.15) is 0 Å². The van der Waals surface area contributed by atoms with Gasteiger partial charge in [0, 0.05) is 18.7 Å².